The number of nitrogens with one attached hydrogen (secondary N) is 2. The molecule has 1 aliphatic rings. The molecule has 5 rings (SSSR count). The van der Waals surface area contributed by atoms with E-state index in [9.17, 15) is 4.79 Å². The summed E-state index contributed by atoms with van der Waals surface area (Å²) in [6, 6.07) is 13.9. The molecule has 0 bridgehead atoms. The van der Waals surface area contributed by atoms with E-state index < -0.39 is 11.5 Å². The first kappa shape index (κ1) is 32.0. The molecule has 0 saturated carbocycles. The summed E-state index contributed by atoms with van der Waals surface area (Å²) >= 11 is 7.67. The van der Waals surface area contributed by atoms with Crippen LogP contribution in [0.3, 0.4) is 0 Å². The Labute approximate surface area is 266 Å². The molecule has 8 nitrogen and oxygen atoms in total. The zero-order valence-electron chi connectivity index (χ0n) is 24.9. The van der Waals surface area contributed by atoms with Gasteiger partial charge in [-0.2, -0.15) is 4.98 Å². The van der Waals surface area contributed by atoms with Crippen LogP contribution in [0.15, 0.2) is 66.1 Å². The average Bonchev–Trinajstić information content (AvgIpc) is 3.41. The minimum Gasteiger partial charge on any atom is -0.379 e. The molecular weight excluding hydrogens is 597 g/mol. The molecule has 11 heteroatoms. The standard InChI is InChI=1S/C33H39ClFN7OS/c1-3-23(36)7-4-6-20-16-26(30(35)27(34)17-20)28-18-22-19-42(33(43)40-31(22)39-28)25-12-10-21(11-13-25)29-9-5-8-24(41(29)2)14-15-44-32(37)38/h3,10-13,16-19,23-24,29H,1,4-9,14-15,36H2,2H3,(H3,37,38)(H,39,40,43)/t23-,24-,29-/m0/s1. The molecule has 1 aliphatic heterocycles. The van der Waals surface area contributed by atoms with E-state index in [0.717, 1.165) is 49.8 Å². The number of piperidine rings is 1. The van der Waals surface area contributed by atoms with Crippen LogP contribution in [-0.2, 0) is 6.42 Å². The Balaban J connectivity index is 1.36. The predicted molar refractivity (Wildman–Crippen MR) is 180 cm³/mol. The maximum absolute atomic E-state index is 15.2. The van der Waals surface area contributed by atoms with Gasteiger partial charge in [0, 0.05) is 41.0 Å². The smallest absolute Gasteiger partial charge is 0.354 e. The van der Waals surface area contributed by atoms with Crippen LogP contribution >= 0.6 is 23.4 Å². The minimum absolute atomic E-state index is 0.0432. The number of amidine groups is 1. The van der Waals surface area contributed by atoms with Gasteiger partial charge in [-0.05, 0) is 93.5 Å². The number of likely N-dealkylation sites (tertiary alicyclic amines) is 1. The number of aryl methyl sites for hydroxylation is 1. The summed E-state index contributed by atoms with van der Waals surface area (Å²) in [4.78, 5) is 22.9. The first-order valence-electron chi connectivity index (χ1n) is 14.9. The van der Waals surface area contributed by atoms with Crippen molar-refractivity contribution in [3.63, 3.8) is 0 Å². The number of rotatable bonds is 11. The second kappa shape index (κ2) is 14.1. The van der Waals surface area contributed by atoms with Crippen molar-refractivity contribution in [2.75, 3.05) is 12.8 Å². The first-order chi connectivity index (χ1) is 21.1. The SMILES string of the molecule is C=C[C@H](N)CCCc1cc(Cl)c(F)c(-c2cc3cn(-c4ccc([C@@H]5CCC[C@@H](CCSC(=N)N)N5C)cc4)c(=O)nc3[nH]2)c1. The van der Waals surface area contributed by atoms with Crippen LogP contribution in [0.25, 0.3) is 28.0 Å². The van der Waals surface area contributed by atoms with Crippen molar-refractivity contribution in [2.24, 2.45) is 11.5 Å². The number of fused-ring (bicyclic) bond motifs is 1. The van der Waals surface area contributed by atoms with Gasteiger partial charge in [0.1, 0.15) is 5.65 Å². The maximum Gasteiger partial charge on any atom is 0.354 e. The van der Waals surface area contributed by atoms with Gasteiger partial charge < -0.3 is 16.5 Å². The van der Waals surface area contributed by atoms with E-state index in [4.69, 9.17) is 28.5 Å². The summed E-state index contributed by atoms with van der Waals surface area (Å²) in [7, 11) is 2.16. The first-order valence-corrected chi connectivity index (χ1v) is 16.3. The van der Waals surface area contributed by atoms with Crippen LogP contribution in [-0.4, -0.2) is 49.5 Å². The van der Waals surface area contributed by atoms with Gasteiger partial charge in [-0.3, -0.25) is 14.9 Å². The number of nitrogens with zero attached hydrogens (tertiary/aromatic N) is 3. The Morgan fingerprint density at radius 1 is 1.30 bits per heavy atom. The molecule has 0 unspecified atom stereocenters. The number of aromatic amines is 1. The van der Waals surface area contributed by atoms with E-state index in [1.807, 2.05) is 12.1 Å². The van der Waals surface area contributed by atoms with Gasteiger partial charge in [-0.1, -0.05) is 41.6 Å². The van der Waals surface area contributed by atoms with E-state index in [0.29, 0.717) is 40.4 Å². The molecule has 232 valence electrons. The van der Waals surface area contributed by atoms with Crippen molar-refractivity contribution in [3.05, 3.63) is 93.8 Å². The molecule has 6 N–H and O–H groups in total. The topological polar surface area (TPSA) is 130 Å². The second-order valence-electron chi connectivity index (χ2n) is 11.5. The molecule has 0 amide bonds. The van der Waals surface area contributed by atoms with Gasteiger partial charge in [0.15, 0.2) is 11.0 Å². The monoisotopic (exact) mass is 635 g/mol. The molecule has 3 atom stereocenters. The minimum atomic E-state index is -0.525. The molecule has 3 heterocycles. The van der Waals surface area contributed by atoms with Crippen LogP contribution in [0.5, 0.6) is 0 Å². The van der Waals surface area contributed by atoms with Crippen LogP contribution in [0.1, 0.15) is 55.7 Å². The van der Waals surface area contributed by atoms with E-state index >= 15 is 4.39 Å². The molecule has 2 aromatic carbocycles. The lowest BCUT2D eigenvalue weighted by molar-refractivity contribution is 0.112. The fraction of sp³-hybridized carbons (Fsp3) is 0.364. The number of nitrogens with two attached hydrogens (primary N) is 2. The Hall–Kier alpha value is -3.44. The Kier molecular flexibility index (Phi) is 10.3. The van der Waals surface area contributed by atoms with Gasteiger partial charge in [0.25, 0.3) is 0 Å². The summed E-state index contributed by atoms with van der Waals surface area (Å²) in [6.07, 6.45) is 10.1. The zero-order valence-corrected chi connectivity index (χ0v) is 26.4. The predicted octanol–water partition coefficient (Wildman–Crippen LogP) is 6.55. The number of H-pyrrole nitrogens is 1. The van der Waals surface area contributed by atoms with Crippen LogP contribution in [0.4, 0.5) is 4.39 Å². The van der Waals surface area contributed by atoms with Gasteiger partial charge in [-0.25, -0.2) is 9.18 Å². The highest BCUT2D eigenvalue weighted by atomic mass is 35.5. The normalized spacial score (nSPS) is 18.0. The van der Waals surface area contributed by atoms with Crippen molar-refractivity contribution in [1.82, 2.24) is 19.4 Å². The average molecular weight is 636 g/mol. The third-order valence-corrected chi connectivity index (χ3v) is 9.56. The Morgan fingerprint density at radius 3 is 2.80 bits per heavy atom. The number of hydrogen-bond acceptors (Lipinski definition) is 6. The van der Waals surface area contributed by atoms with Crippen LogP contribution < -0.4 is 17.2 Å². The highest BCUT2D eigenvalue weighted by molar-refractivity contribution is 8.13. The Morgan fingerprint density at radius 2 is 2.07 bits per heavy atom. The third kappa shape index (κ3) is 7.26. The summed E-state index contributed by atoms with van der Waals surface area (Å²) < 4.78 is 16.7. The molecule has 4 aromatic rings. The summed E-state index contributed by atoms with van der Waals surface area (Å²) in [6.45, 7) is 3.72. The highest BCUT2D eigenvalue weighted by Gasteiger charge is 2.28. The summed E-state index contributed by atoms with van der Waals surface area (Å²) in [5.74, 6) is 0.314. The largest absolute Gasteiger partial charge is 0.379 e. The van der Waals surface area contributed by atoms with Gasteiger partial charge in [0.05, 0.1) is 16.4 Å². The lowest BCUT2D eigenvalue weighted by Crippen LogP contribution is -2.39. The van der Waals surface area contributed by atoms with Crippen molar-refractivity contribution in [2.45, 2.75) is 63.1 Å². The number of halogens is 2. The van der Waals surface area contributed by atoms with E-state index in [2.05, 4.69) is 40.6 Å². The van der Waals surface area contributed by atoms with E-state index in [1.54, 1.807) is 30.5 Å². The van der Waals surface area contributed by atoms with Gasteiger partial charge >= 0.3 is 5.69 Å². The number of benzene rings is 2. The van der Waals surface area contributed by atoms with E-state index in [1.165, 1.54) is 21.9 Å². The number of aromatic nitrogens is 3. The molecule has 0 radical (unpaired) electrons. The molecule has 44 heavy (non-hydrogen) atoms. The van der Waals surface area contributed by atoms with Crippen molar-refractivity contribution >= 4 is 39.6 Å². The molecule has 0 spiro atoms. The fourth-order valence-electron chi connectivity index (χ4n) is 6.09. The zero-order chi connectivity index (χ0) is 31.4. The maximum atomic E-state index is 15.2. The van der Waals surface area contributed by atoms with Gasteiger partial charge in [0.2, 0.25) is 0 Å². The fourth-order valence-corrected chi connectivity index (χ4v) is 6.94. The molecule has 2 aromatic heterocycles. The lowest BCUT2D eigenvalue weighted by Gasteiger charge is -2.40. The van der Waals surface area contributed by atoms with Crippen molar-refractivity contribution < 1.29 is 4.39 Å². The molecule has 0 aliphatic carbocycles. The van der Waals surface area contributed by atoms with E-state index in [-0.39, 0.29) is 22.3 Å². The molecular formula is C33H39ClFN7OS. The van der Waals surface area contributed by atoms with Crippen molar-refractivity contribution in [3.8, 4) is 16.9 Å². The number of thioether (sulfide) groups is 1. The highest BCUT2D eigenvalue weighted by Crippen LogP contribution is 2.35. The summed E-state index contributed by atoms with van der Waals surface area (Å²) in [5, 5.41) is 8.35. The van der Waals surface area contributed by atoms with Gasteiger partial charge in [-0.15, -0.1) is 6.58 Å². The van der Waals surface area contributed by atoms with Crippen LogP contribution in [0, 0.1) is 11.2 Å². The molecule has 1 saturated heterocycles. The Bertz CT molecular complexity index is 1700. The van der Waals surface area contributed by atoms with Crippen molar-refractivity contribution in [1.29, 1.82) is 5.41 Å². The molecule has 1 fully saturated rings. The van der Waals surface area contributed by atoms with Crippen LogP contribution in [0.2, 0.25) is 5.02 Å². The second-order valence-corrected chi connectivity index (χ2v) is 13.0. The lowest BCUT2D eigenvalue weighted by atomic mass is 9.90. The quantitative estimate of drug-likeness (QED) is 0.0840. The summed E-state index contributed by atoms with van der Waals surface area (Å²) in [5.41, 5.74) is 15.0. The third-order valence-electron chi connectivity index (χ3n) is 8.54. The number of hydrogen-bond donors (Lipinski definition) is 4.